The van der Waals surface area contributed by atoms with E-state index in [1.165, 1.54) is 44.5 Å². The fourth-order valence-electron chi connectivity index (χ4n) is 11.4. The molecule has 0 saturated carbocycles. The molecule has 0 atom stereocenters. The molecule has 0 unspecified atom stereocenters. The first kappa shape index (κ1) is 36.8. The molecule has 306 valence electrons. The zero-order chi connectivity index (χ0) is 42.9. The van der Waals surface area contributed by atoms with Gasteiger partial charge < -0.3 is 18.6 Å². The summed E-state index contributed by atoms with van der Waals surface area (Å²) in [7, 11) is 0. The first-order valence-corrected chi connectivity index (χ1v) is 22.3. The van der Waals surface area contributed by atoms with Crippen LogP contribution in [0.5, 0.6) is 0 Å². The van der Waals surface area contributed by atoms with Crippen LogP contribution < -0.4 is 9.80 Å². The molecule has 2 aromatic heterocycles. The molecule has 0 spiro atoms. The Morgan fingerprint density at radius 1 is 0.328 bits per heavy atom. The number of anilines is 6. The van der Waals surface area contributed by atoms with Crippen LogP contribution >= 0.6 is 0 Å². The zero-order valence-corrected chi connectivity index (χ0v) is 36.2. The predicted molar refractivity (Wildman–Crippen MR) is 265 cm³/mol. The van der Waals surface area contributed by atoms with Gasteiger partial charge in [-0.1, -0.05) is 149 Å². The Hall–Kier alpha value is -7.82. The Bertz CT molecular complexity index is 3710. The average molecular weight is 825 g/mol. The Morgan fingerprint density at radius 2 is 0.781 bits per heavy atom. The van der Waals surface area contributed by atoms with E-state index in [-0.39, 0.29) is 10.8 Å². The summed E-state index contributed by atoms with van der Waals surface area (Å²) >= 11 is 0. The number of fused-ring (bicyclic) bond motifs is 12. The summed E-state index contributed by atoms with van der Waals surface area (Å²) in [5.41, 5.74) is 19.9. The van der Waals surface area contributed by atoms with E-state index in [0.717, 1.165) is 78.0 Å². The number of hydrogen-bond donors (Lipinski definition) is 0. The fraction of sp³-hybridized carbons (Fsp3) is 0.100. The molecule has 4 heteroatoms. The molecule has 2 heterocycles. The van der Waals surface area contributed by atoms with Crippen molar-refractivity contribution in [3.63, 3.8) is 0 Å². The van der Waals surface area contributed by atoms with Gasteiger partial charge in [0, 0.05) is 44.1 Å². The number of hydrogen-bond acceptors (Lipinski definition) is 4. The van der Waals surface area contributed by atoms with Crippen LogP contribution in [-0.4, -0.2) is 0 Å². The molecule has 0 saturated heterocycles. The zero-order valence-electron chi connectivity index (χ0n) is 36.2. The minimum Gasteiger partial charge on any atom is -0.456 e. The normalized spacial score (nSPS) is 14.2. The lowest BCUT2D eigenvalue weighted by molar-refractivity contribution is 0.660. The summed E-state index contributed by atoms with van der Waals surface area (Å²) in [5, 5.41) is 4.37. The van der Waals surface area contributed by atoms with Gasteiger partial charge in [-0.05, 0) is 117 Å². The molecular formula is C60H44N2O2. The first-order valence-electron chi connectivity index (χ1n) is 22.3. The highest BCUT2D eigenvalue weighted by atomic mass is 16.3. The minimum absolute atomic E-state index is 0.250. The van der Waals surface area contributed by atoms with E-state index in [1.54, 1.807) is 0 Å². The van der Waals surface area contributed by atoms with Gasteiger partial charge in [-0.25, -0.2) is 0 Å². The highest BCUT2D eigenvalue weighted by Gasteiger charge is 2.41. The molecule has 0 radical (unpaired) electrons. The third-order valence-electron chi connectivity index (χ3n) is 14.2. The summed E-state index contributed by atoms with van der Waals surface area (Å²) < 4.78 is 13.0. The van der Waals surface area contributed by atoms with Crippen molar-refractivity contribution in [3.05, 3.63) is 216 Å². The Labute approximate surface area is 372 Å². The van der Waals surface area contributed by atoms with Gasteiger partial charge in [0.1, 0.15) is 22.3 Å². The highest BCUT2D eigenvalue weighted by Crippen LogP contribution is 2.57. The van der Waals surface area contributed by atoms with Gasteiger partial charge >= 0.3 is 0 Å². The van der Waals surface area contributed by atoms with Gasteiger partial charge in [0.05, 0.1) is 22.4 Å². The van der Waals surface area contributed by atoms with E-state index in [0.29, 0.717) is 0 Å². The summed E-state index contributed by atoms with van der Waals surface area (Å²) in [6.07, 6.45) is 0. The number of rotatable bonds is 6. The fourth-order valence-corrected chi connectivity index (χ4v) is 11.4. The number of furan rings is 2. The summed E-state index contributed by atoms with van der Waals surface area (Å²) in [5.74, 6) is 0. The van der Waals surface area contributed by atoms with E-state index >= 15 is 0 Å². The van der Waals surface area contributed by atoms with E-state index in [4.69, 9.17) is 8.83 Å². The minimum atomic E-state index is -0.259. The Morgan fingerprint density at radius 3 is 1.47 bits per heavy atom. The maximum atomic E-state index is 6.58. The highest BCUT2D eigenvalue weighted by molar-refractivity contribution is 6.14. The third-order valence-corrected chi connectivity index (χ3v) is 14.2. The molecular weight excluding hydrogens is 781 g/mol. The number of nitrogens with zero attached hydrogens (tertiary/aromatic N) is 2. The standard InChI is InChI=1S/C60H44N2O2/c1-59(2)47-25-9-5-19-40(47)43-23-14-28-50(57(43)59)61(39-33-34-54-46(36-39)42-21-7-11-30-52(42)63-54)37-17-13-18-38(35-37)62(49-27-16-32-55-56(49)45-22-8-12-31-53(45)64-55)51-29-15-24-44-41-20-6-10-26-48(41)60(3,4)58(44)51/h5-36H,1-4H3. The van der Waals surface area contributed by atoms with Crippen LogP contribution in [0.4, 0.5) is 34.1 Å². The molecule has 0 aliphatic heterocycles. The molecule has 0 bridgehead atoms. The van der Waals surface area contributed by atoms with Crippen LogP contribution in [-0.2, 0) is 10.8 Å². The largest absolute Gasteiger partial charge is 0.456 e. The molecule has 2 aliphatic rings. The summed E-state index contributed by atoms with van der Waals surface area (Å²) in [6, 6.07) is 70.4. The lowest BCUT2D eigenvalue weighted by atomic mass is 9.81. The molecule has 2 aliphatic carbocycles. The molecule has 64 heavy (non-hydrogen) atoms. The van der Waals surface area contributed by atoms with Crippen molar-refractivity contribution in [1.29, 1.82) is 0 Å². The Kier molecular flexibility index (Phi) is 7.67. The Balaban J connectivity index is 1.09. The summed E-state index contributed by atoms with van der Waals surface area (Å²) in [6.45, 7) is 9.49. The van der Waals surface area contributed by atoms with Crippen LogP contribution in [0.3, 0.4) is 0 Å². The van der Waals surface area contributed by atoms with E-state index in [1.807, 2.05) is 12.1 Å². The first-order chi connectivity index (χ1) is 31.3. The van der Waals surface area contributed by atoms with Crippen LogP contribution in [0.25, 0.3) is 66.1 Å². The van der Waals surface area contributed by atoms with E-state index in [9.17, 15) is 0 Å². The van der Waals surface area contributed by atoms with Gasteiger partial charge in [0.25, 0.3) is 0 Å². The van der Waals surface area contributed by atoms with Crippen molar-refractivity contribution < 1.29 is 8.83 Å². The van der Waals surface area contributed by atoms with Crippen molar-refractivity contribution in [2.45, 2.75) is 38.5 Å². The molecule has 9 aromatic carbocycles. The van der Waals surface area contributed by atoms with Gasteiger partial charge in [0.15, 0.2) is 0 Å². The van der Waals surface area contributed by atoms with E-state index in [2.05, 4.69) is 219 Å². The van der Waals surface area contributed by atoms with Crippen molar-refractivity contribution in [3.8, 4) is 22.3 Å². The smallest absolute Gasteiger partial charge is 0.137 e. The summed E-state index contributed by atoms with van der Waals surface area (Å²) in [4.78, 5) is 4.96. The van der Waals surface area contributed by atoms with Gasteiger partial charge in [-0.15, -0.1) is 0 Å². The van der Waals surface area contributed by atoms with Crippen LogP contribution in [0.15, 0.2) is 203 Å². The van der Waals surface area contributed by atoms with Gasteiger partial charge in [-0.2, -0.15) is 0 Å². The maximum absolute atomic E-state index is 6.58. The second kappa shape index (κ2) is 13.3. The molecule has 0 amide bonds. The van der Waals surface area contributed by atoms with Crippen molar-refractivity contribution in [2.24, 2.45) is 0 Å². The average Bonchev–Trinajstić information content (AvgIpc) is 4.03. The van der Waals surface area contributed by atoms with E-state index < -0.39 is 0 Å². The number of para-hydroxylation sites is 2. The lowest BCUT2D eigenvalue weighted by Crippen LogP contribution is -2.22. The topological polar surface area (TPSA) is 32.8 Å². The lowest BCUT2D eigenvalue weighted by Gasteiger charge is -2.34. The molecule has 4 nitrogen and oxygen atoms in total. The predicted octanol–water partition coefficient (Wildman–Crippen LogP) is 17.0. The molecule has 0 N–H and O–H groups in total. The van der Waals surface area contributed by atoms with Gasteiger partial charge in [0.2, 0.25) is 0 Å². The second-order valence-corrected chi connectivity index (χ2v) is 18.5. The van der Waals surface area contributed by atoms with Crippen LogP contribution in [0, 0.1) is 0 Å². The maximum Gasteiger partial charge on any atom is 0.137 e. The number of benzene rings is 9. The van der Waals surface area contributed by atoms with Crippen LogP contribution in [0.2, 0.25) is 0 Å². The molecule has 0 fully saturated rings. The monoisotopic (exact) mass is 824 g/mol. The van der Waals surface area contributed by atoms with Crippen molar-refractivity contribution in [2.75, 3.05) is 9.80 Å². The van der Waals surface area contributed by atoms with Gasteiger partial charge in [-0.3, -0.25) is 0 Å². The molecule has 11 aromatic rings. The van der Waals surface area contributed by atoms with Crippen LogP contribution in [0.1, 0.15) is 49.9 Å². The van der Waals surface area contributed by atoms with Crippen molar-refractivity contribution in [1.82, 2.24) is 0 Å². The SMILES string of the molecule is CC1(C)c2ccccc2-c2cccc(N(c3cccc(N(c4cccc5c4C(C)(C)c4ccccc4-5)c4cccc5oc6ccccc6c45)c3)c3ccc4oc5ccccc5c4c3)c21. The molecule has 13 rings (SSSR count). The van der Waals surface area contributed by atoms with Crippen molar-refractivity contribution >= 4 is 78.0 Å². The third kappa shape index (κ3) is 5.11. The second-order valence-electron chi connectivity index (χ2n) is 18.5. The quantitative estimate of drug-likeness (QED) is 0.167.